The van der Waals surface area contributed by atoms with Gasteiger partial charge in [-0.1, -0.05) is 12.1 Å². The van der Waals surface area contributed by atoms with E-state index >= 15 is 0 Å². The number of hydrogen-bond acceptors (Lipinski definition) is 4. The van der Waals surface area contributed by atoms with E-state index in [1.807, 2.05) is 5.32 Å². The Kier molecular flexibility index (Phi) is 6.11. The summed E-state index contributed by atoms with van der Waals surface area (Å²) < 4.78 is 37.2. The maximum absolute atomic E-state index is 13.1. The van der Waals surface area contributed by atoms with Crippen molar-refractivity contribution in [3.63, 3.8) is 0 Å². The van der Waals surface area contributed by atoms with Gasteiger partial charge in [0.05, 0.1) is 24.0 Å². The number of benzene rings is 1. The van der Waals surface area contributed by atoms with Crippen LogP contribution in [-0.4, -0.2) is 60.5 Å². The summed E-state index contributed by atoms with van der Waals surface area (Å²) in [7, 11) is 0. The van der Waals surface area contributed by atoms with Gasteiger partial charge in [0, 0.05) is 12.5 Å². The fraction of sp³-hybridized carbons (Fsp3) is 0.526. The van der Waals surface area contributed by atoms with Crippen LogP contribution in [-0.2, 0) is 14.4 Å². The molecule has 0 aromatic heterocycles. The van der Waals surface area contributed by atoms with Gasteiger partial charge in [-0.3, -0.25) is 19.3 Å². The number of amides is 3. The third-order valence-electron chi connectivity index (χ3n) is 5.10. The molecule has 2 N–H and O–H groups in total. The number of rotatable bonds is 4. The first-order valence-electron chi connectivity index (χ1n) is 9.45. The molecule has 1 aromatic carbocycles. The van der Waals surface area contributed by atoms with Crippen molar-refractivity contribution in [1.29, 1.82) is 0 Å². The number of nitrogens with one attached hydrogen (secondary N) is 2. The predicted octanol–water partition coefficient (Wildman–Crippen LogP) is 1.89. The molecular weight excluding hydrogens is 389 g/mol. The Hall–Kier alpha value is -2.62. The van der Waals surface area contributed by atoms with E-state index in [0.29, 0.717) is 30.8 Å². The summed E-state index contributed by atoms with van der Waals surface area (Å²) in [4.78, 5) is 40.5. The lowest BCUT2D eigenvalue weighted by Gasteiger charge is -2.31. The van der Waals surface area contributed by atoms with Crippen molar-refractivity contribution in [3.8, 4) is 0 Å². The maximum Gasteiger partial charge on any atom is 0.405 e. The highest BCUT2D eigenvalue weighted by Crippen LogP contribution is 2.31. The van der Waals surface area contributed by atoms with Gasteiger partial charge in [-0.05, 0) is 38.4 Å². The fourth-order valence-corrected chi connectivity index (χ4v) is 3.84. The maximum atomic E-state index is 13.1. The van der Waals surface area contributed by atoms with Crippen molar-refractivity contribution in [2.24, 2.45) is 0 Å². The summed E-state index contributed by atoms with van der Waals surface area (Å²) in [6.07, 6.45) is -3.36. The van der Waals surface area contributed by atoms with E-state index < -0.39 is 30.7 Å². The van der Waals surface area contributed by atoms with Crippen LogP contribution in [0, 0.1) is 0 Å². The van der Waals surface area contributed by atoms with Gasteiger partial charge < -0.3 is 15.5 Å². The highest BCUT2D eigenvalue weighted by Gasteiger charge is 2.37. The molecule has 0 bridgehead atoms. The number of likely N-dealkylation sites (tertiary alicyclic amines) is 1. The first-order valence-corrected chi connectivity index (χ1v) is 9.45. The zero-order valence-corrected chi connectivity index (χ0v) is 16.0. The standard InChI is InChI=1S/C19H23F3N4O3/c1-12-9-16(27)24-13-5-2-3-6-14(13)26(12)17(28)10-25-8-4-7-15(25)18(29)23-11-19(20,21)22/h2-3,5-6,12,15H,4,7-11H2,1H3,(H,23,29)(H,24,27). The van der Waals surface area contributed by atoms with Crippen molar-refractivity contribution in [3.05, 3.63) is 24.3 Å². The summed E-state index contributed by atoms with van der Waals surface area (Å²) in [6.45, 7) is 0.694. The highest BCUT2D eigenvalue weighted by molar-refractivity contribution is 6.05. The molecule has 158 valence electrons. The van der Waals surface area contributed by atoms with Gasteiger partial charge in [0.2, 0.25) is 17.7 Å². The van der Waals surface area contributed by atoms with E-state index in [-0.39, 0.29) is 24.8 Å². The monoisotopic (exact) mass is 412 g/mol. The summed E-state index contributed by atoms with van der Waals surface area (Å²) >= 11 is 0. The van der Waals surface area contributed by atoms with Gasteiger partial charge in [0.1, 0.15) is 6.54 Å². The van der Waals surface area contributed by atoms with Gasteiger partial charge in [-0.2, -0.15) is 13.2 Å². The summed E-state index contributed by atoms with van der Waals surface area (Å²) in [5.74, 6) is -1.24. The molecule has 0 aliphatic carbocycles. The lowest BCUT2D eigenvalue weighted by molar-refractivity contribution is -0.141. The number of hydrogen-bond donors (Lipinski definition) is 2. The van der Waals surface area contributed by atoms with Crippen LogP contribution in [0.2, 0.25) is 0 Å². The first-order chi connectivity index (χ1) is 13.7. The molecule has 2 aliphatic heterocycles. The zero-order valence-electron chi connectivity index (χ0n) is 16.0. The number of anilines is 2. The van der Waals surface area contributed by atoms with Crippen LogP contribution in [0.4, 0.5) is 24.5 Å². The minimum Gasteiger partial charge on any atom is -0.346 e. The Labute approximate surface area is 166 Å². The minimum atomic E-state index is -4.49. The van der Waals surface area contributed by atoms with Crippen LogP contribution < -0.4 is 15.5 Å². The fourth-order valence-electron chi connectivity index (χ4n) is 3.84. The molecule has 3 amide bonds. The summed E-state index contributed by atoms with van der Waals surface area (Å²) in [5, 5.41) is 4.67. The van der Waals surface area contributed by atoms with Crippen molar-refractivity contribution in [1.82, 2.24) is 10.2 Å². The number of nitrogens with zero attached hydrogens (tertiary/aromatic N) is 2. The molecule has 1 fully saturated rings. The normalized spacial score (nSPS) is 22.6. The molecule has 10 heteroatoms. The second kappa shape index (κ2) is 8.40. The topological polar surface area (TPSA) is 81.8 Å². The number of halogens is 3. The minimum absolute atomic E-state index is 0.114. The van der Waals surface area contributed by atoms with Crippen LogP contribution in [0.1, 0.15) is 26.2 Å². The number of para-hydroxylation sites is 2. The second-order valence-electron chi connectivity index (χ2n) is 7.34. The SMILES string of the molecule is CC1CC(=O)Nc2ccccc2N1C(=O)CN1CCCC1C(=O)NCC(F)(F)F. The quantitative estimate of drug-likeness (QED) is 0.792. The van der Waals surface area contributed by atoms with E-state index in [1.54, 1.807) is 36.1 Å². The lowest BCUT2D eigenvalue weighted by atomic mass is 10.1. The van der Waals surface area contributed by atoms with E-state index in [4.69, 9.17) is 0 Å². The van der Waals surface area contributed by atoms with Crippen molar-refractivity contribution in [2.75, 3.05) is 29.9 Å². The molecule has 1 aromatic rings. The molecule has 2 unspecified atom stereocenters. The van der Waals surface area contributed by atoms with Crippen LogP contribution in [0.25, 0.3) is 0 Å². The molecule has 29 heavy (non-hydrogen) atoms. The summed E-state index contributed by atoms with van der Waals surface area (Å²) in [5.41, 5.74) is 1.09. The Morgan fingerprint density at radius 1 is 1.28 bits per heavy atom. The molecular formula is C19H23F3N4O3. The molecule has 2 aliphatic rings. The Bertz CT molecular complexity index is 799. The smallest absolute Gasteiger partial charge is 0.346 e. The molecule has 2 heterocycles. The third-order valence-corrected chi connectivity index (χ3v) is 5.10. The molecule has 1 saturated heterocycles. The first kappa shape index (κ1) is 21.1. The Morgan fingerprint density at radius 3 is 2.72 bits per heavy atom. The average molecular weight is 412 g/mol. The van der Waals surface area contributed by atoms with Crippen LogP contribution >= 0.6 is 0 Å². The van der Waals surface area contributed by atoms with E-state index in [2.05, 4.69) is 5.32 Å². The number of carbonyl (C=O) groups is 3. The number of carbonyl (C=O) groups excluding carboxylic acids is 3. The summed E-state index contributed by atoms with van der Waals surface area (Å²) in [6, 6.07) is 5.76. The number of alkyl halides is 3. The van der Waals surface area contributed by atoms with Crippen molar-refractivity contribution >= 4 is 29.1 Å². The second-order valence-corrected chi connectivity index (χ2v) is 7.34. The van der Waals surface area contributed by atoms with Gasteiger partial charge in [-0.15, -0.1) is 0 Å². The molecule has 0 spiro atoms. The molecule has 0 saturated carbocycles. The molecule has 7 nitrogen and oxygen atoms in total. The van der Waals surface area contributed by atoms with Crippen LogP contribution in [0.5, 0.6) is 0 Å². The third kappa shape index (κ3) is 5.06. The van der Waals surface area contributed by atoms with Crippen molar-refractivity contribution in [2.45, 2.75) is 44.4 Å². The molecule has 2 atom stereocenters. The van der Waals surface area contributed by atoms with Crippen molar-refractivity contribution < 1.29 is 27.6 Å². The molecule has 0 radical (unpaired) electrons. The van der Waals surface area contributed by atoms with E-state index in [9.17, 15) is 27.6 Å². The van der Waals surface area contributed by atoms with Crippen LogP contribution in [0.3, 0.4) is 0 Å². The Morgan fingerprint density at radius 2 is 2.00 bits per heavy atom. The van der Waals surface area contributed by atoms with Crippen LogP contribution in [0.15, 0.2) is 24.3 Å². The number of fused-ring (bicyclic) bond motifs is 1. The van der Waals surface area contributed by atoms with E-state index in [0.717, 1.165) is 0 Å². The van der Waals surface area contributed by atoms with Gasteiger partial charge in [0.15, 0.2) is 0 Å². The average Bonchev–Trinajstić information content (AvgIpc) is 3.03. The van der Waals surface area contributed by atoms with Gasteiger partial charge >= 0.3 is 6.18 Å². The van der Waals surface area contributed by atoms with E-state index in [1.165, 1.54) is 4.90 Å². The Balaban J connectivity index is 1.73. The molecule has 3 rings (SSSR count). The predicted molar refractivity (Wildman–Crippen MR) is 100 cm³/mol. The van der Waals surface area contributed by atoms with Gasteiger partial charge in [-0.25, -0.2) is 0 Å². The largest absolute Gasteiger partial charge is 0.405 e. The van der Waals surface area contributed by atoms with Gasteiger partial charge in [0.25, 0.3) is 0 Å². The lowest BCUT2D eigenvalue weighted by Crippen LogP contribution is -2.50. The highest BCUT2D eigenvalue weighted by atomic mass is 19.4. The zero-order chi connectivity index (χ0) is 21.2.